The van der Waals surface area contributed by atoms with E-state index in [0.29, 0.717) is 17.8 Å². The van der Waals surface area contributed by atoms with Gasteiger partial charge in [0, 0.05) is 17.8 Å². The Balaban J connectivity index is 0. The van der Waals surface area contributed by atoms with Gasteiger partial charge in [0.1, 0.15) is 0 Å². The number of nitrogens with two attached hydrogens (primary N) is 1. The molecule has 0 spiro atoms. The molecule has 0 aromatic heterocycles. The number of nitrogens with one attached hydrogen (secondary N) is 1. The summed E-state index contributed by atoms with van der Waals surface area (Å²) in [5.41, 5.74) is 6.87. The first kappa shape index (κ1) is 19.4. The number of benzene rings is 1. The molecule has 1 aromatic rings. The normalized spacial score (nSPS) is 9.28. The molecular weight excluding hydrogens is 273 g/mol. The summed E-state index contributed by atoms with van der Waals surface area (Å²) in [5.74, 6) is -0.0428. The standard InChI is InChI=1S/C12H19N3O.2ClH/c1-15(2)9-3-8-14-12(16)10-4-6-11(13)7-5-10;;/h4-7H,3,8-9,13H2,1-2H3,(H,14,16);2*1H. The second-order valence-electron chi connectivity index (χ2n) is 4.03. The molecule has 0 aliphatic rings. The van der Waals surface area contributed by atoms with Gasteiger partial charge in [-0.2, -0.15) is 0 Å². The fraction of sp³-hybridized carbons (Fsp3) is 0.417. The number of carbonyl (C=O) groups excluding carboxylic acids is 1. The summed E-state index contributed by atoms with van der Waals surface area (Å²) in [7, 11) is 4.03. The fourth-order valence-corrected chi connectivity index (χ4v) is 1.33. The molecule has 1 rings (SSSR count). The lowest BCUT2D eigenvalue weighted by molar-refractivity contribution is 0.0952. The van der Waals surface area contributed by atoms with Crippen LogP contribution in [0.3, 0.4) is 0 Å². The zero-order valence-electron chi connectivity index (χ0n) is 10.7. The average molecular weight is 294 g/mol. The van der Waals surface area contributed by atoms with Crippen LogP contribution in [-0.4, -0.2) is 38.0 Å². The molecule has 0 heterocycles. The van der Waals surface area contributed by atoms with Crippen LogP contribution in [0.5, 0.6) is 0 Å². The first-order chi connectivity index (χ1) is 7.59. The Morgan fingerprint density at radius 3 is 2.28 bits per heavy atom. The summed E-state index contributed by atoms with van der Waals surface area (Å²) in [6.45, 7) is 1.67. The van der Waals surface area contributed by atoms with Crippen LogP contribution in [0.15, 0.2) is 24.3 Å². The summed E-state index contributed by atoms with van der Waals surface area (Å²) >= 11 is 0. The SMILES string of the molecule is CN(C)CCCNC(=O)c1ccc(N)cc1.Cl.Cl. The molecule has 6 heteroatoms. The second-order valence-corrected chi connectivity index (χ2v) is 4.03. The molecule has 18 heavy (non-hydrogen) atoms. The van der Waals surface area contributed by atoms with E-state index < -0.39 is 0 Å². The van der Waals surface area contributed by atoms with Crippen LogP contribution in [0.2, 0.25) is 0 Å². The van der Waals surface area contributed by atoms with Crippen LogP contribution in [0.25, 0.3) is 0 Å². The monoisotopic (exact) mass is 293 g/mol. The summed E-state index contributed by atoms with van der Waals surface area (Å²) in [6, 6.07) is 6.93. The number of hydrogen-bond acceptors (Lipinski definition) is 3. The van der Waals surface area contributed by atoms with Gasteiger partial charge in [-0.3, -0.25) is 4.79 Å². The average Bonchev–Trinajstić information content (AvgIpc) is 2.25. The molecule has 0 atom stereocenters. The van der Waals surface area contributed by atoms with Gasteiger partial charge in [-0.1, -0.05) is 0 Å². The summed E-state index contributed by atoms with van der Waals surface area (Å²) in [5, 5.41) is 2.87. The van der Waals surface area contributed by atoms with Gasteiger partial charge in [0.25, 0.3) is 5.91 Å². The molecule has 4 nitrogen and oxygen atoms in total. The van der Waals surface area contributed by atoms with Crippen molar-refractivity contribution >= 4 is 36.4 Å². The largest absolute Gasteiger partial charge is 0.399 e. The first-order valence-corrected chi connectivity index (χ1v) is 5.38. The maximum atomic E-state index is 11.6. The maximum Gasteiger partial charge on any atom is 0.251 e. The molecular formula is C12H21Cl2N3O. The Morgan fingerprint density at radius 2 is 1.78 bits per heavy atom. The molecule has 0 saturated carbocycles. The zero-order valence-corrected chi connectivity index (χ0v) is 12.3. The van der Waals surface area contributed by atoms with Gasteiger partial charge >= 0.3 is 0 Å². The number of nitrogen functional groups attached to an aromatic ring is 1. The Bertz CT molecular complexity index is 342. The van der Waals surface area contributed by atoms with E-state index in [1.807, 2.05) is 14.1 Å². The highest BCUT2D eigenvalue weighted by Gasteiger charge is 2.03. The number of nitrogens with zero attached hydrogens (tertiary/aromatic N) is 1. The molecule has 3 N–H and O–H groups in total. The third-order valence-electron chi connectivity index (χ3n) is 2.24. The highest BCUT2D eigenvalue weighted by molar-refractivity contribution is 5.94. The summed E-state index contributed by atoms with van der Waals surface area (Å²) < 4.78 is 0. The quantitative estimate of drug-likeness (QED) is 0.643. The van der Waals surface area contributed by atoms with Crippen molar-refractivity contribution in [2.45, 2.75) is 6.42 Å². The minimum atomic E-state index is -0.0428. The van der Waals surface area contributed by atoms with Crippen LogP contribution in [0.4, 0.5) is 5.69 Å². The maximum absolute atomic E-state index is 11.6. The van der Waals surface area contributed by atoms with E-state index in [0.717, 1.165) is 13.0 Å². The molecule has 0 bridgehead atoms. The Hall–Kier alpha value is -0.970. The van der Waals surface area contributed by atoms with E-state index in [2.05, 4.69) is 10.2 Å². The molecule has 0 saturated heterocycles. The van der Waals surface area contributed by atoms with Crippen molar-refractivity contribution in [3.05, 3.63) is 29.8 Å². The third kappa shape index (κ3) is 7.37. The zero-order chi connectivity index (χ0) is 12.0. The van der Waals surface area contributed by atoms with Gasteiger partial charge in [-0.15, -0.1) is 24.8 Å². The Kier molecular flexibility index (Phi) is 10.8. The predicted molar refractivity (Wildman–Crippen MR) is 80.9 cm³/mol. The minimum Gasteiger partial charge on any atom is -0.399 e. The fourth-order valence-electron chi connectivity index (χ4n) is 1.33. The first-order valence-electron chi connectivity index (χ1n) is 5.38. The van der Waals surface area contributed by atoms with Crippen LogP contribution in [0.1, 0.15) is 16.8 Å². The molecule has 0 unspecified atom stereocenters. The predicted octanol–water partition coefficient (Wildman–Crippen LogP) is 1.79. The number of amides is 1. The summed E-state index contributed by atoms with van der Waals surface area (Å²) in [4.78, 5) is 13.7. The Morgan fingerprint density at radius 1 is 1.22 bits per heavy atom. The van der Waals surface area contributed by atoms with Gasteiger partial charge in [-0.05, 0) is 51.3 Å². The van der Waals surface area contributed by atoms with Crippen molar-refractivity contribution in [3.8, 4) is 0 Å². The topological polar surface area (TPSA) is 58.4 Å². The van der Waals surface area contributed by atoms with Crippen molar-refractivity contribution in [1.29, 1.82) is 0 Å². The molecule has 1 aromatic carbocycles. The highest BCUT2D eigenvalue weighted by Crippen LogP contribution is 2.04. The number of halogens is 2. The highest BCUT2D eigenvalue weighted by atomic mass is 35.5. The van der Waals surface area contributed by atoms with Crippen molar-refractivity contribution in [2.75, 3.05) is 32.9 Å². The lowest BCUT2D eigenvalue weighted by Gasteiger charge is -2.09. The van der Waals surface area contributed by atoms with E-state index in [4.69, 9.17) is 5.73 Å². The lowest BCUT2D eigenvalue weighted by Crippen LogP contribution is -2.27. The van der Waals surface area contributed by atoms with Crippen molar-refractivity contribution in [1.82, 2.24) is 10.2 Å². The molecule has 0 radical (unpaired) electrons. The van der Waals surface area contributed by atoms with Gasteiger partial charge < -0.3 is 16.0 Å². The van der Waals surface area contributed by atoms with Crippen LogP contribution in [0, 0.1) is 0 Å². The van der Waals surface area contributed by atoms with Crippen LogP contribution >= 0.6 is 24.8 Å². The van der Waals surface area contributed by atoms with Gasteiger partial charge in [-0.25, -0.2) is 0 Å². The van der Waals surface area contributed by atoms with E-state index in [1.165, 1.54) is 0 Å². The van der Waals surface area contributed by atoms with Gasteiger partial charge in [0.05, 0.1) is 0 Å². The third-order valence-corrected chi connectivity index (χ3v) is 2.24. The molecule has 104 valence electrons. The second kappa shape index (κ2) is 10.00. The minimum absolute atomic E-state index is 0. The van der Waals surface area contributed by atoms with Crippen LogP contribution < -0.4 is 11.1 Å². The lowest BCUT2D eigenvalue weighted by atomic mass is 10.2. The van der Waals surface area contributed by atoms with E-state index in [1.54, 1.807) is 24.3 Å². The number of hydrogen-bond donors (Lipinski definition) is 2. The molecule has 0 aliphatic heterocycles. The van der Waals surface area contributed by atoms with Crippen molar-refractivity contribution in [2.24, 2.45) is 0 Å². The smallest absolute Gasteiger partial charge is 0.251 e. The molecule has 0 fully saturated rings. The van der Waals surface area contributed by atoms with Gasteiger partial charge in [0.2, 0.25) is 0 Å². The summed E-state index contributed by atoms with van der Waals surface area (Å²) in [6.07, 6.45) is 0.952. The van der Waals surface area contributed by atoms with E-state index in [9.17, 15) is 4.79 Å². The van der Waals surface area contributed by atoms with Crippen molar-refractivity contribution < 1.29 is 4.79 Å². The van der Waals surface area contributed by atoms with Crippen molar-refractivity contribution in [3.63, 3.8) is 0 Å². The van der Waals surface area contributed by atoms with E-state index >= 15 is 0 Å². The molecule has 0 aliphatic carbocycles. The van der Waals surface area contributed by atoms with Gasteiger partial charge in [0.15, 0.2) is 0 Å². The number of rotatable bonds is 5. The van der Waals surface area contributed by atoms with E-state index in [-0.39, 0.29) is 30.7 Å². The Labute approximate surface area is 121 Å². The number of anilines is 1. The number of carbonyl (C=O) groups is 1. The van der Waals surface area contributed by atoms with Crippen LogP contribution in [-0.2, 0) is 0 Å². The molecule has 1 amide bonds.